The predicted molar refractivity (Wildman–Crippen MR) is 80.4 cm³/mol. The fraction of sp³-hybridized carbons (Fsp3) is 0.417. The second kappa shape index (κ2) is 8.38. The molecule has 0 spiro atoms. The molecule has 0 amide bonds. The Kier molecular flexibility index (Phi) is 7.97. The van der Waals surface area contributed by atoms with Gasteiger partial charge in [-0.25, -0.2) is 0 Å². The van der Waals surface area contributed by atoms with Gasteiger partial charge >= 0.3 is 0 Å². The summed E-state index contributed by atoms with van der Waals surface area (Å²) in [5.41, 5.74) is 1.29. The van der Waals surface area contributed by atoms with E-state index in [9.17, 15) is 0 Å². The third-order valence-electron chi connectivity index (χ3n) is 2.17. The number of hydrogen-bond acceptors (Lipinski definition) is 1. The molecule has 0 aliphatic carbocycles. The molecule has 0 atom stereocenters. The Bertz CT molecular complexity index is 311. The van der Waals surface area contributed by atoms with Crippen LogP contribution in [0.2, 0.25) is 0 Å². The molecule has 0 fully saturated rings. The molecular formula is C12H20IN3. The van der Waals surface area contributed by atoms with Gasteiger partial charge < -0.3 is 10.2 Å². The van der Waals surface area contributed by atoms with Crippen molar-refractivity contribution in [1.82, 2.24) is 10.2 Å². The van der Waals surface area contributed by atoms with Gasteiger partial charge in [-0.1, -0.05) is 30.3 Å². The van der Waals surface area contributed by atoms with Crippen LogP contribution in [0, 0.1) is 0 Å². The van der Waals surface area contributed by atoms with E-state index >= 15 is 0 Å². The van der Waals surface area contributed by atoms with Crippen LogP contribution in [0.15, 0.2) is 35.3 Å². The maximum atomic E-state index is 4.21. The van der Waals surface area contributed by atoms with E-state index in [0.29, 0.717) is 0 Å². The Hall–Kier alpha value is -0.780. The van der Waals surface area contributed by atoms with Crippen LogP contribution in [0.25, 0.3) is 0 Å². The molecule has 4 heteroatoms. The summed E-state index contributed by atoms with van der Waals surface area (Å²) < 4.78 is 0. The summed E-state index contributed by atoms with van der Waals surface area (Å²) in [6.45, 7) is 3.84. The van der Waals surface area contributed by atoms with Crippen molar-refractivity contribution in [2.45, 2.75) is 13.5 Å². The first-order chi connectivity index (χ1) is 7.27. The van der Waals surface area contributed by atoms with Crippen molar-refractivity contribution < 1.29 is 0 Å². The van der Waals surface area contributed by atoms with Crippen LogP contribution in [-0.4, -0.2) is 31.5 Å². The molecular weight excluding hydrogens is 313 g/mol. The maximum absolute atomic E-state index is 4.21. The largest absolute Gasteiger partial charge is 0.357 e. The highest BCUT2D eigenvalue weighted by Gasteiger charge is 2.04. The summed E-state index contributed by atoms with van der Waals surface area (Å²) in [5.74, 6) is 0.932. The van der Waals surface area contributed by atoms with E-state index < -0.39 is 0 Å². The fourth-order valence-electron chi connectivity index (χ4n) is 1.48. The summed E-state index contributed by atoms with van der Waals surface area (Å²) in [5, 5.41) is 3.23. The zero-order valence-electron chi connectivity index (χ0n) is 10.1. The predicted octanol–water partition coefficient (Wildman–Crippen LogP) is 2.33. The number of guanidine groups is 1. The molecule has 0 bridgehead atoms. The highest BCUT2D eigenvalue weighted by atomic mass is 127. The smallest absolute Gasteiger partial charge is 0.193 e. The third-order valence-corrected chi connectivity index (χ3v) is 2.17. The minimum absolute atomic E-state index is 0. The minimum atomic E-state index is 0. The van der Waals surface area contributed by atoms with E-state index in [2.05, 4.69) is 46.4 Å². The first kappa shape index (κ1) is 15.2. The number of hydrogen-bond donors (Lipinski definition) is 1. The topological polar surface area (TPSA) is 27.6 Å². The standard InChI is InChI=1S/C12H19N3.HI/c1-4-14-12(13-2)15(3)10-11-8-6-5-7-9-11;/h5-9H,4,10H2,1-3H3,(H,13,14);1H. The van der Waals surface area contributed by atoms with Crippen LogP contribution >= 0.6 is 24.0 Å². The molecule has 1 N–H and O–H groups in total. The van der Waals surface area contributed by atoms with Gasteiger partial charge in [0, 0.05) is 27.2 Å². The van der Waals surface area contributed by atoms with Crippen LogP contribution in [0.3, 0.4) is 0 Å². The Morgan fingerprint density at radius 3 is 2.44 bits per heavy atom. The number of aliphatic imine (C=N–C) groups is 1. The normalized spacial score (nSPS) is 10.6. The molecule has 0 aromatic heterocycles. The molecule has 0 saturated heterocycles. The molecule has 0 aliphatic rings. The average Bonchev–Trinajstić information content (AvgIpc) is 2.27. The van der Waals surface area contributed by atoms with E-state index in [4.69, 9.17) is 0 Å². The highest BCUT2D eigenvalue weighted by molar-refractivity contribution is 14.0. The summed E-state index contributed by atoms with van der Waals surface area (Å²) in [7, 11) is 3.84. The maximum Gasteiger partial charge on any atom is 0.193 e. The second-order valence-corrected chi connectivity index (χ2v) is 3.42. The van der Waals surface area contributed by atoms with E-state index in [-0.39, 0.29) is 24.0 Å². The molecule has 90 valence electrons. The zero-order valence-corrected chi connectivity index (χ0v) is 12.4. The average molecular weight is 333 g/mol. The van der Waals surface area contributed by atoms with E-state index in [1.165, 1.54) is 5.56 Å². The number of rotatable bonds is 3. The van der Waals surface area contributed by atoms with Crippen molar-refractivity contribution in [2.24, 2.45) is 4.99 Å². The molecule has 16 heavy (non-hydrogen) atoms. The molecule has 0 saturated carbocycles. The van der Waals surface area contributed by atoms with Crippen molar-refractivity contribution in [3.63, 3.8) is 0 Å². The van der Waals surface area contributed by atoms with Crippen LogP contribution in [0.1, 0.15) is 12.5 Å². The molecule has 3 nitrogen and oxygen atoms in total. The molecule has 0 unspecified atom stereocenters. The Morgan fingerprint density at radius 1 is 1.31 bits per heavy atom. The minimum Gasteiger partial charge on any atom is -0.357 e. The summed E-state index contributed by atoms with van der Waals surface area (Å²) >= 11 is 0. The van der Waals surface area contributed by atoms with Gasteiger partial charge in [0.25, 0.3) is 0 Å². The van der Waals surface area contributed by atoms with Crippen LogP contribution < -0.4 is 5.32 Å². The SMILES string of the molecule is CCNC(=NC)N(C)Cc1ccccc1.I. The quantitative estimate of drug-likeness (QED) is 0.522. The Labute approximate surface area is 115 Å². The number of halogens is 1. The lowest BCUT2D eigenvalue weighted by Gasteiger charge is -2.21. The molecule has 1 rings (SSSR count). The van der Waals surface area contributed by atoms with Crippen molar-refractivity contribution in [2.75, 3.05) is 20.6 Å². The van der Waals surface area contributed by atoms with Crippen molar-refractivity contribution in [1.29, 1.82) is 0 Å². The first-order valence-corrected chi connectivity index (χ1v) is 5.23. The molecule has 0 aliphatic heterocycles. The van der Waals surface area contributed by atoms with Gasteiger partial charge in [0.15, 0.2) is 5.96 Å². The van der Waals surface area contributed by atoms with Gasteiger partial charge in [-0.15, -0.1) is 24.0 Å². The van der Waals surface area contributed by atoms with Gasteiger partial charge in [-0.05, 0) is 12.5 Å². The summed E-state index contributed by atoms with van der Waals surface area (Å²) in [6, 6.07) is 10.4. The van der Waals surface area contributed by atoms with Gasteiger partial charge in [0.2, 0.25) is 0 Å². The lowest BCUT2D eigenvalue weighted by atomic mass is 10.2. The zero-order chi connectivity index (χ0) is 11.1. The van der Waals surface area contributed by atoms with E-state index in [1.807, 2.05) is 13.1 Å². The van der Waals surface area contributed by atoms with Gasteiger partial charge in [-0.2, -0.15) is 0 Å². The molecule has 0 heterocycles. The van der Waals surface area contributed by atoms with Gasteiger partial charge in [0.05, 0.1) is 0 Å². The number of nitrogens with zero attached hydrogens (tertiary/aromatic N) is 2. The lowest BCUT2D eigenvalue weighted by molar-refractivity contribution is 0.479. The van der Waals surface area contributed by atoms with E-state index in [0.717, 1.165) is 19.0 Å². The fourth-order valence-corrected chi connectivity index (χ4v) is 1.48. The van der Waals surface area contributed by atoms with Crippen molar-refractivity contribution >= 4 is 29.9 Å². The Morgan fingerprint density at radius 2 is 1.94 bits per heavy atom. The van der Waals surface area contributed by atoms with Crippen molar-refractivity contribution in [3.8, 4) is 0 Å². The molecule has 1 aromatic rings. The molecule has 0 radical (unpaired) electrons. The van der Waals surface area contributed by atoms with Gasteiger partial charge in [-0.3, -0.25) is 4.99 Å². The summed E-state index contributed by atoms with van der Waals surface area (Å²) in [6.07, 6.45) is 0. The van der Waals surface area contributed by atoms with Gasteiger partial charge in [0.1, 0.15) is 0 Å². The Balaban J connectivity index is 0.00000225. The van der Waals surface area contributed by atoms with Crippen molar-refractivity contribution in [3.05, 3.63) is 35.9 Å². The van der Waals surface area contributed by atoms with E-state index in [1.54, 1.807) is 7.05 Å². The monoisotopic (exact) mass is 333 g/mol. The number of benzene rings is 1. The van der Waals surface area contributed by atoms with Crippen LogP contribution in [0.5, 0.6) is 0 Å². The highest BCUT2D eigenvalue weighted by Crippen LogP contribution is 2.02. The summed E-state index contributed by atoms with van der Waals surface area (Å²) in [4.78, 5) is 6.32. The molecule has 1 aromatic carbocycles. The van der Waals surface area contributed by atoms with Crippen LogP contribution in [-0.2, 0) is 6.54 Å². The number of nitrogens with one attached hydrogen (secondary N) is 1. The first-order valence-electron chi connectivity index (χ1n) is 5.23. The second-order valence-electron chi connectivity index (χ2n) is 3.42. The lowest BCUT2D eigenvalue weighted by Crippen LogP contribution is -2.38. The van der Waals surface area contributed by atoms with Crippen LogP contribution in [0.4, 0.5) is 0 Å². The third kappa shape index (κ3) is 4.83.